The standard InChI is InChI=1S/C8H6O4.C2H6/c9-7(10)5-2-1-3-6(4-5)8(11)12;1-2/h1-4H,(H,9,10)(H,11,12);1-2H3/p-1. The van der Waals surface area contributed by atoms with E-state index in [2.05, 4.69) is 0 Å². The van der Waals surface area contributed by atoms with Gasteiger partial charge < -0.3 is 15.0 Å². The van der Waals surface area contributed by atoms with Gasteiger partial charge in [-0.25, -0.2) is 4.79 Å². The Labute approximate surface area is 81.8 Å². The third kappa shape index (κ3) is 3.26. The molecule has 1 N–H and O–H groups in total. The van der Waals surface area contributed by atoms with Crippen LogP contribution in [-0.4, -0.2) is 17.0 Å². The van der Waals surface area contributed by atoms with Crippen LogP contribution in [0.15, 0.2) is 24.3 Å². The molecule has 76 valence electrons. The number of aromatic carboxylic acids is 2. The number of hydrogen-bond donors (Lipinski definition) is 1. The maximum atomic E-state index is 10.4. The minimum Gasteiger partial charge on any atom is -0.545 e. The van der Waals surface area contributed by atoms with E-state index in [1.807, 2.05) is 13.8 Å². The Morgan fingerprint density at radius 1 is 1.21 bits per heavy atom. The van der Waals surface area contributed by atoms with Crippen molar-refractivity contribution in [1.29, 1.82) is 0 Å². The van der Waals surface area contributed by atoms with E-state index in [-0.39, 0.29) is 11.1 Å². The van der Waals surface area contributed by atoms with Gasteiger partial charge in [-0.2, -0.15) is 0 Å². The Morgan fingerprint density at radius 2 is 1.71 bits per heavy atom. The molecule has 0 radical (unpaired) electrons. The van der Waals surface area contributed by atoms with Crippen LogP contribution in [0.5, 0.6) is 0 Å². The van der Waals surface area contributed by atoms with E-state index in [0.717, 1.165) is 6.07 Å². The van der Waals surface area contributed by atoms with Crippen LogP contribution in [0.4, 0.5) is 0 Å². The van der Waals surface area contributed by atoms with Gasteiger partial charge >= 0.3 is 5.97 Å². The van der Waals surface area contributed by atoms with Crippen molar-refractivity contribution < 1.29 is 19.8 Å². The first-order valence-corrected chi connectivity index (χ1v) is 4.16. The number of carbonyl (C=O) groups excluding carboxylic acids is 1. The third-order valence-corrected chi connectivity index (χ3v) is 1.35. The number of carboxylic acid groups (broad SMARTS) is 2. The molecule has 14 heavy (non-hydrogen) atoms. The molecule has 1 aromatic rings. The molecule has 4 nitrogen and oxygen atoms in total. The van der Waals surface area contributed by atoms with Crippen molar-refractivity contribution in [2.45, 2.75) is 13.8 Å². The van der Waals surface area contributed by atoms with Crippen LogP contribution in [0.2, 0.25) is 0 Å². The number of benzene rings is 1. The molecular formula is C10H11O4-. The first-order chi connectivity index (χ1) is 6.61. The second-order valence-corrected chi connectivity index (χ2v) is 2.17. The summed E-state index contributed by atoms with van der Waals surface area (Å²) in [6.07, 6.45) is 0. The smallest absolute Gasteiger partial charge is 0.335 e. The topological polar surface area (TPSA) is 77.4 Å². The van der Waals surface area contributed by atoms with Crippen molar-refractivity contribution in [3.05, 3.63) is 35.4 Å². The summed E-state index contributed by atoms with van der Waals surface area (Å²) < 4.78 is 0. The van der Waals surface area contributed by atoms with Gasteiger partial charge in [0.2, 0.25) is 0 Å². The summed E-state index contributed by atoms with van der Waals surface area (Å²) in [5.74, 6) is -2.53. The predicted molar refractivity (Wildman–Crippen MR) is 49.1 cm³/mol. The zero-order valence-corrected chi connectivity index (χ0v) is 7.98. The summed E-state index contributed by atoms with van der Waals surface area (Å²) in [6, 6.07) is 5.00. The highest BCUT2D eigenvalue weighted by atomic mass is 16.4. The van der Waals surface area contributed by atoms with Gasteiger partial charge in [-0.3, -0.25) is 0 Å². The van der Waals surface area contributed by atoms with E-state index in [0.29, 0.717) is 0 Å². The zero-order valence-electron chi connectivity index (χ0n) is 7.98. The lowest BCUT2D eigenvalue weighted by molar-refractivity contribution is -0.255. The first kappa shape index (κ1) is 12.2. The minimum atomic E-state index is -1.38. The molecule has 0 aromatic heterocycles. The van der Waals surface area contributed by atoms with Crippen molar-refractivity contribution in [2.24, 2.45) is 0 Å². The molecule has 0 unspecified atom stereocenters. The normalized spacial score (nSPS) is 8.43. The zero-order chi connectivity index (χ0) is 11.1. The first-order valence-electron chi connectivity index (χ1n) is 4.16. The molecule has 0 saturated carbocycles. The molecule has 0 amide bonds. The lowest BCUT2D eigenvalue weighted by Gasteiger charge is -2.01. The molecule has 0 atom stereocenters. The highest BCUT2D eigenvalue weighted by molar-refractivity contribution is 5.92. The lowest BCUT2D eigenvalue weighted by Crippen LogP contribution is -2.22. The summed E-state index contributed by atoms with van der Waals surface area (Å²) in [4.78, 5) is 20.6. The van der Waals surface area contributed by atoms with E-state index in [1.165, 1.54) is 18.2 Å². The lowest BCUT2D eigenvalue weighted by atomic mass is 10.1. The van der Waals surface area contributed by atoms with Crippen LogP contribution in [-0.2, 0) is 0 Å². The van der Waals surface area contributed by atoms with Gasteiger partial charge in [-0.15, -0.1) is 0 Å². The number of hydrogen-bond acceptors (Lipinski definition) is 3. The van der Waals surface area contributed by atoms with E-state index < -0.39 is 11.9 Å². The van der Waals surface area contributed by atoms with Crippen molar-refractivity contribution in [2.75, 3.05) is 0 Å². The molecule has 1 aromatic carbocycles. The van der Waals surface area contributed by atoms with E-state index in [9.17, 15) is 14.7 Å². The summed E-state index contributed by atoms with van der Waals surface area (Å²) in [5.41, 5.74) is -0.188. The van der Waals surface area contributed by atoms with Gasteiger partial charge in [0.15, 0.2) is 0 Å². The van der Waals surface area contributed by atoms with Crippen LogP contribution < -0.4 is 5.11 Å². The average Bonchev–Trinajstić information content (AvgIpc) is 2.21. The van der Waals surface area contributed by atoms with Crippen LogP contribution in [0.25, 0.3) is 0 Å². The van der Waals surface area contributed by atoms with Gasteiger partial charge in [-0.05, 0) is 17.7 Å². The summed E-state index contributed by atoms with van der Waals surface area (Å²) in [6.45, 7) is 4.00. The minimum absolute atomic E-state index is 0.0586. The summed E-state index contributed by atoms with van der Waals surface area (Å²) >= 11 is 0. The van der Waals surface area contributed by atoms with Crippen LogP contribution >= 0.6 is 0 Å². The van der Waals surface area contributed by atoms with Gasteiger partial charge in [0.05, 0.1) is 11.5 Å². The van der Waals surface area contributed by atoms with Gasteiger partial charge in [0, 0.05) is 0 Å². The highest BCUT2D eigenvalue weighted by Crippen LogP contribution is 2.03. The molecule has 0 aliphatic heterocycles. The van der Waals surface area contributed by atoms with Gasteiger partial charge in [0.25, 0.3) is 0 Å². The molecular weight excluding hydrogens is 184 g/mol. The summed E-state index contributed by atoms with van der Waals surface area (Å²) in [7, 11) is 0. The maximum Gasteiger partial charge on any atom is 0.335 e. The Morgan fingerprint density at radius 3 is 2.14 bits per heavy atom. The van der Waals surface area contributed by atoms with Crippen molar-refractivity contribution in [1.82, 2.24) is 0 Å². The van der Waals surface area contributed by atoms with Gasteiger partial charge in [0.1, 0.15) is 0 Å². The molecule has 0 spiro atoms. The fourth-order valence-electron chi connectivity index (χ4n) is 0.779. The predicted octanol–water partition coefficient (Wildman–Crippen LogP) is 0.774. The molecule has 1 rings (SSSR count). The fourth-order valence-corrected chi connectivity index (χ4v) is 0.779. The van der Waals surface area contributed by atoms with Crippen LogP contribution in [0.3, 0.4) is 0 Å². The van der Waals surface area contributed by atoms with Crippen molar-refractivity contribution >= 4 is 11.9 Å². The molecule has 0 bridgehead atoms. The SMILES string of the molecule is CC.O=C([O-])c1cccc(C(=O)O)c1. The average molecular weight is 195 g/mol. The molecule has 0 fully saturated rings. The molecule has 4 heteroatoms. The van der Waals surface area contributed by atoms with Gasteiger partial charge in [-0.1, -0.05) is 26.0 Å². The third-order valence-electron chi connectivity index (χ3n) is 1.35. The Kier molecular flexibility index (Phi) is 4.99. The van der Waals surface area contributed by atoms with Crippen molar-refractivity contribution in [3.8, 4) is 0 Å². The highest BCUT2D eigenvalue weighted by Gasteiger charge is 2.02. The summed E-state index contributed by atoms with van der Waals surface area (Å²) in [5, 5.41) is 18.7. The van der Waals surface area contributed by atoms with Crippen molar-refractivity contribution in [3.63, 3.8) is 0 Å². The Balaban J connectivity index is 0.000000791. The fraction of sp³-hybridized carbons (Fsp3) is 0.200. The number of rotatable bonds is 2. The maximum absolute atomic E-state index is 10.4. The second-order valence-electron chi connectivity index (χ2n) is 2.17. The van der Waals surface area contributed by atoms with E-state index in [1.54, 1.807) is 0 Å². The number of carbonyl (C=O) groups is 2. The van der Waals surface area contributed by atoms with Crippen LogP contribution in [0.1, 0.15) is 34.6 Å². The largest absolute Gasteiger partial charge is 0.545 e. The van der Waals surface area contributed by atoms with Crippen LogP contribution in [0, 0.1) is 0 Å². The number of carboxylic acids is 2. The Bertz CT molecular complexity index is 301. The molecule has 0 saturated heterocycles. The molecule has 0 aliphatic carbocycles. The van der Waals surface area contributed by atoms with E-state index >= 15 is 0 Å². The molecule has 0 aliphatic rings. The monoisotopic (exact) mass is 195 g/mol. The van der Waals surface area contributed by atoms with E-state index in [4.69, 9.17) is 5.11 Å². The Hall–Kier alpha value is -1.84. The molecule has 0 heterocycles. The second kappa shape index (κ2) is 5.75. The quantitative estimate of drug-likeness (QED) is 0.756.